The first-order valence-corrected chi connectivity index (χ1v) is 8.36. The Kier molecular flexibility index (Phi) is 6.17. The first-order chi connectivity index (χ1) is 11.9. The van der Waals surface area contributed by atoms with Gasteiger partial charge in [-0.2, -0.15) is 0 Å². The molecule has 2 rings (SSSR count). The van der Waals surface area contributed by atoms with E-state index in [9.17, 15) is 4.79 Å². The molecule has 0 aliphatic carbocycles. The quantitative estimate of drug-likeness (QED) is 0.648. The molecule has 132 valence electrons. The van der Waals surface area contributed by atoms with Crippen molar-refractivity contribution in [3.05, 3.63) is 65.2 Å². The fourth-order valence-electron chi connectivity index (χ4n) is 2.28. The van der Waals surface area contributed by atoms with Crippen LogP contribution < -0.4 is 11.1 Å². The molecule has 0 radical (unpaired) electrons. The first kappa shape index (κ1) is 18.5. The van der Waals surface area contributed by atoms with E-state index in [0.717, 1.165) is 16.8 Å². The van der Waals surface area contributed by atoms with Crippen LogP contribution in [0.15, 0.2) is 53.5 Å². The summed E-state index contributed by atoms with van der Waals surface area (Å²) in [6, 6.07) is 15.6. The zero-order valence-corrected chi connectivity index (χ0v) is 15.3. The number of hydrogen-bond acceptors (Lipinski definition) is 2. The van der Waals surface area contributed by atoms with Gasteiger partial charge in [0.15, 0.2) is 5.96 Å². The maximum atomic E-state index is 12.3. The molecule has 1 amide bonds. The zero-order valence-electron chi connectivity index (χ0n) is 15.3. The second-order valence-electron chi connectivity index (χ2n) is 6.40. The summed E-state index contributed by atoms with van der Waals surface area (Å²) in [6.07, 6.45) is 0. The Morgan fingerprint density at radius 3 is 2.48 bits per heavy atom. The van der Waals surface area contributed by atoms with E-state index >= 15 is 0 Å². The molecule has 0 unspecified atom stereocenters. The van der Waals surface area contributed by atoms with E-state index in [-0.39, 0.29) is 11.9 Å². The minimum atomic E-state index is 0.0191. The largest absolute Gasteiger partial charge is 0.370 e. The highest BCUT2D eigenvalue weighted by Gasteiger charge is 2.13. The van der Waals surface area contributed by atoms with Crippen molar-refractivity contribution in [3.63, 3.8) is 0 Å². The molecule has 2 aromatic rings. The summed E-state index contributed by atoms with van der Waals surface area (Å²) in [5.41, 5.74) is 9.68. The van der Waals surface area contributed by atoms with Crippen LogP contribution in [0.25, 0.3) is 0 Å². The molecule has 0 bridgehead atoms. The number of anilines is 1. The number of carbonyl (C=O) groups is 1. The molecular weight excluding hydrogens is 312 g/mol. The Morgan fingerprint density at radius 2 is 1.88 bits per heavy atom. The standard InChI is InChI=1S/C20H26N4O/c1-14(2)24(4)19(25)17-10-8-16(9-11-17)13-22-20(21)23-18-7-5-6-15(3)12-18/h5-12,14H,13H2,1-4H3,(H3,21,22,23). The number of guanidine groups is 1. The topological polar surface area (TPSA) is 70.7 Å². The lowest BCUT2D eigenvalue weighted by atomic mass is 10.1. The van der Waals surface area contributed by atoms with Gasteiger partial charge in [0.2, 0.25) is 0 Å². The number of benzene rings is 2. The minimum absolute atomic E-state index is 0.0191. The maximum Gasteiger partial charge on any atom is 0.253 e. The number of nitrogens with two attached hydrogens (primary N) is 1. The number of nitrogens with zero attached hydrogens (tertiary/aromatic N) is 2. The van der Waals surface area contributed by atoms with E-state index in [1.54, 1.807) is 4.90 Å². The van der Waals surface area contributed by atoms with Crippen LogP contribution in [0, 0.1) is 6.92 Å². The second-order valence-corrected chi connectivity index (χ2v) is 6.40. The van der Waals surface area contributed by atoms with Crippen LogP contribution in [0.1, 0.15) is 35.3 Å². The third-order valence-electron chi connectivity index (χ3n) is 4.02. The average Bonchev–Trinajstić information content (AvgIpc) is 2.59. The summed E-state index contributed by atoms with van der Waals surface area (Å²) in [6.45, 7) is 6.47. The minimum Gasteiger partial charge on any atom is -0.370 e. The molecule has 5 heteroatoms. The summed E-state index contributed by atoms with van der Waals surface area (Å²) in [5, 5.41) is 3.08. The Hall–Kier alpha value is -2.82. The first-order valence-electron chi connectivity index (χ1n) is 8.36. The molecule has 0 spiro atoms. The van der Waals surface area contributed by atoms with Crippen molar-refractivity contribution in [2.24, 2.45) is 10.7 Å². The van der Waals surface area contributed by atoms with Gasteiger partial charge in [0, 0.05) is 24.3 Å². The number of amides is 1. The summed E-state index contributed by atoms with van der Waals surface area (Å²) < 4.78 is 0. The number of aliphatic imine (C=N–C) groups is 1. The molecule has 25 heavy (non-hydrogen) atoms. The summed E-state index contributed by atoms with van der Waals surface area (Å²) in [7, 11) is 1.81. The number of nitrogens with one attached hydrogen (secondary N) is 1. The Balaban J connectivity index is 1.97. The van der Waals surface area contributed by atoms with E-state index in [1.807, 2.05) is 76.3 Å². The average molecular weight is 338 g/mol. The fraction of sp³-hybridized carbons (Fsp3) is 0.300. The van der Waals surface area contributed by atoms with Gasteiger partial charge < -0.3 is 16.0 Å². The van der Waals surface area contributed by atoms with Crippen molar-refractivity contribution in [1.29, 1.82) is 0 Å². The van der Waals surface area contributed by atoms with Gasteiger partial charge in [-0.3, -0.25) is 4.79 Å². The molecule has 0 atom stereocenters. The number of hydrogen-bond donors (Lipinski definition) is 2. The summed E-state index contributed by atoms with van der Waals surface area (Å²) in [5.74, 6) is 0.385. The van der Waals surface area contributed by atoms with Crippen LogP contribution >= 0.6 is 0 Å². The van der Waals surface area contributed by atoms with Gasteiger partial charge in [0.05, 0.1) is 6.54 Å². The van der Waals surface area contributed by atoms with Gasteiger partial charge >= 0.3 is 0 Å². The van der Waals surface area contributed by atoms with E-state index in [1.165, 1.54) is 0 Å². The van der Waals surface area contributed by atoms with Gasteiger partial charge in [-0.25, -0.2) is 4.99 Å². The van der Waals surface area contributed by atoms with Crippen molar-refractivity contribution in [2.45, 2.75) is 33.4 Å². The van der Waals surface area contributed by atoms with Crippen molar-refractivity contribution in [2.75, 3.05) is 12.4 Å². The lowest BCUT2D eigenvalue weighted by Crippen LogP contribution is -2.32. The summed E-state index contributed by atoms with van der Waals surface area (Å²) in [4.78, 5) is 18.3. The highest BCUT2D eigenvalue weighted by atomic mass is 16.2. The van der Waals surface area contributed by atoms with Crippen LogP contribution in [-0.2, 0) is 6.54 Å². The molecule has 0 aliphatic rings. The Labute approximate surface area is 149 Å². The van der Waals surface area contributed by atoms with E-state index < -0.39 is 0 Å². The Bertz CT molecular complexity index is 751. The normalized spacial score (nSPS) is 11.5. The predicted octanol–water partition coefficient (Wildman–Crippen LogP) is 3.40. The molecule has 0 saturated carbocycles. The molecule has 0 heterocycles. The van der Waals surface area contributed by atoms with Crippen molar-refractivity contribution in [3.8, 4) is 0 Å². The lowest BCUT2D eigenvalue weighted by molar-refractivity contribution is 0.0755. The van der Waals surface area contributed by atoms with Crippen LogP contribution in [0.2, 0.25) is 0 Å². The molecule has 3 N–H and O–H groups in total. The SMILES string of the molecule is Cc1cccc(NC(N)=NCc2ccc(C(=O)N(C)C(C)C)cc2)c1. The molecule has 2 aromatic carbocycles. The van der Waals surface area contributed by atoms with Gasteiger partial charge in [0.1, 0.15) is 0 Å². The van der Waals surface area contributed by atoms with E-state index in [0.29, 0.717) is 18.1 Å². The van der Waals surface area contributed by atoms with Gasteiger partial charge in [0.25, 0.3) is 5.91 Å². The van der Waals surface area contributed by atoms with Crippen LogP contribution in [-0.4, -0.2) is 29.9 Å². The molecule has 0 fully saturated rings. The van der Waals surface area contributed by atoms with Crippen LogP contribution in [0.5, 0.6) is 0 Å². The lowest BCUT2D eigenvalue weighted by Gasteiger charge is -2.21. The molecule has 0 aromatic heterocycles. The highest BCUT2D eigenvalue weighted by Crippen LogP contribution is 2.11. The monoisotopic (exact) mass is 338 g/mol. The number of carbonyl (C=O) groups excluding carboxylic acids is 1. The third kappa shape index (κ3) is 5.35. The van der Waals surface area contributed by atoms with E-state index in [4.69, 9.17) is 5.73 Å². The second kappa shape index (κ2) is 8.33. The molecule has 0 saturated heterocycles. The molecule has 5 nitrogen and oxygen atoms in total. The Morgan fingerprint density at radius 1 is 1.20 bits per heavy atom. The predicted molar refractivity (Wildman–Crippen MR) is 104 cm³/mol. The third-order valence-corrected chi connectivity index (χ3v) is 4.02. The number of rotatable bonds is 5. The summed E-state index contributed by atoms with van der Waals surface area (Å²) >= 11 is 0. The van der Waals surface area contributed by atoms with Crippen molar-refractivity contribution >= 4 is 17.6 Å². The molecule has 0 aliphatic heterocycles. The van der Waals surface area contributed by atoms with Crippen LogP contribution in [0.3, 0.4) is 0 Å². The smallest absolute Gasteiger partial charge is 0.253 e. The van der Waals surface area contributed by atoms with Crippen LogP contribution in [0.4, 0.5) is 5.69 Å². The van der Waals surface area contributed by atoms with E-state index in [2.05, 4.69) is 10.3 Å². The number of aryl methyl sites for hydroxylation is 1. The van der Waals surface area contributed by atoms with Gasteiger partial charge in [-0.1, -0.05) is 24.3 Å². The maximum absolute atomic E-state index is 12.3. The molecular formula is C20H26N4O. The zero-order chi connectivity index (χ0) is 18.4. The highest BCUT2D eigenvalue weighted by molar-refractivity contribution is 5.94. The fourth-order valence-corrected chi connectivity index (χ4v) is 2.28. The van der Waals surface area contributed by atoms with Crippen molar-refractivity contribution in [1.82, 2.24) is 4.90 Å². The van der Waals surface area contributed by atoms with Crippen molar-refractivity contribution < 1.29 is 4.79 Å². The van der Waals surface area contributed by atoms with Gasteiger partial charge in [-0.05, 0) is 56.2 Å². The van der Waals surface area contributed by atoms with Gasteiger partial charge in [-0.15, -0.1) is 0 Å².